The average molecular weight is 445 g/mol. The summed E-state index contributed by atoms with van der Waals surface area (Å²) < 4.78 is 0. The van der Waals surface area contributed by atoms with Crippen molar-refractivity contribution in [2.45, 2.75) is 52.9 Å². The minimum Gasteiger partial charge on any atom is -0.372 e. The van der Waals surface area contributed by atoms with E-state index in [2.05, 4.69) is 58.6 Å². The monoisotopic (exact) mass is 444 g/mol. The first kappa shape index (κ1) is 22.8. The highest BCUT2D eigenvalue weighted by atomic mass is 16.2. The molecular weight excluding hydrogens is 412 g/mol. The van der Waals surface area contributed by atoms with Gasteiger partial charge in [-0.15, -0.1) is 0 Å². The number of hydrogen-bond donors (Lipinski definition) is 2. The van der Waals surface area contributed by atoms with Gasteiger partial charge in [-0.1, -0.05) is 18.2 Å². The number of nitrogens with one attached hydrogen (secondary N) is 2. The van der Waals surface area contributed by atoms with Gasteiger partial charge in [-0.25, -0.2) is 4.98 Å². The summed E-state index contributed by atoms with van der Waals surface area (Å²) >= 11 is 0. The van der Waals surface area contributed by atoms with Gasteiger partial charge in [0.15, 0.2) is 5.78 Å². The SMILES string of the molecule is CCN(CC)c1ccc([C@H]2C(C(=O)Nc3cccc(C)n3)=C(C)NC3=C2C(=O)CCC3)cc1. The van der Waals surface area contributed by atoms with E-state index < -0.39 is 5.92 Å². The number of ketones is 1. The summed E-state index contributed by atoms with van der Waals surface area (Å²) in [6.07, 6.45) is 2.17. The molecule has 6 heteroatoms. The molecule has 0 saturated carbocycles. The highest BCUT2D eigenvalue weighted by Gasteiger charge is 2.38. The van der Waals surface area contributed by atoms with E-state index in [0.717, 1.165) is 59.8 Å². The summed E-state index contributed by atoms with van der Waals surface area (Å²) in [6, 6.07) is 13.8. The second kappa shape index (κ2) is 9.61. The van der Waals surface area contributed by atoms with Gasteiger partial charge in [0, 0.05) is 59.3 Å². The molecule has 0 unspecified atom stereocenters. The van der Waals surface area contributed by atoms with Gasteiger partial charge in [0.1, 0.15) is 5.82 Å². The van der Waals surface area contributed by atoms with Crippen molar-refractivity contribution < 1.29 is 9.59 Å². The molecule has 172 valence electrons. The maximum atomic E-state index is 13.5. The Hall–Kier alpha value is -3.41. The highest BCUT2D eigenvalue weighted by Crippen LogP contribution is 2.42. The molecular formula is C27H32N4O2. The summed E-state index contributed by atoms with van der Waals surface area (Å²) in [5, 5.41) is 6.32. The Labute approximate surface area is 195 Å². The number of nitrogens with zero attached hydrogens (tertiary/aromatic N) is 2. The van der Waals surface area contributed by atoms with Gasteiger partial charge in [-0.05, 0) is 70.4 Å². The van der Waals surface area contributed by atoms with Crippen LogP contribution >= 0.6 is 0 Å². The van der Waals surface area contributed by atoms with E-state index in [0.29, 0.717) is 17.8 Å². The van der Waals surface area contributed by atoms with Crippen LogP contribution in [0.1, 0.15) is 57.2 Å². The summed E-state index contributed by atoms with van der Waals surface area (Å²) in [4.78, 5) is 33.3. The summed E-state index contributed by atoms with van der Waals surface area (Å²) in [7, 11) is 0. The van der Waals surface area contributed by atoms with Crippen molar-refractivity contribution in [1.29, 1.82) is 0 Å². The zero-order valence-corrected chi connectivity index (χ0v) is 19.9. The fourth-order valence-electron chi connectivity index (χ4n) is 4.88. The van der Waals surface area contributed by atoms with Crippen LogP contribution in [-0.2, 0) is 9.59 Å². The number of pyridine rings is 1. The van der Waals surface area contributed by atoms with E-state index in [1.165, 1.54) is 0 Å². The Morgan fingerprint density at radius 1 is 1.09 bits per heavy atom. The molecule has 1 aliphatic heterocycles. The molecule has 0 bridgehead atoms. The van der Waals surface area contributed by atoms with E-state index >= 15 is 0 Å². The number of hydrogen-bond acceptors (Lipinski definition) is 5. The third-order valence-corrected chi connectivity index (χ3v) is 6.51. The first-order valence-electron chi connectivity index (χ1n) is 11.8. The van der Waals surface area contributed by atoms with Crippen molar-refractivity contribution in [1.82, 2.24) is 10.3 Å². The molecule has 2 N–H and O–H groups in total. The van der Waals surface area contributed by atoms with Gasteiger partial charge < -0.3 is 15.5 Å². The van der Waals surface area contributed by atoms with Crippen LogP contribution in [0.4, 0.5) is 11.5 Å². The number of aryl methyl sites for hydroxylation is 1. The van der Waals surface area contributed by atoms with E-state index in [9.17, 15) is 9.59 Å². The van der Waals surface area contributed by atoms with Crippen molar-refractivity contribution in [2.24, 2.45) is 0 Å². The van der Waals surface area contributed by atoms with Crippen molar-refractivity contribution in [3.63, 3.8) is 0 Å². The zero-order valence-electron chi connectivity index (χ0n) is 19.9. The number of dihydropyridines is 1. The van der Waals surface area contributed by atoms with Gasteiger partial charge in [-0.2, -0.15) is 0 Å². The van der Waals surface area contributed by atoms with Crippen molar-refractivity contribution in [3.8, 4) is 0 Å². The fraction of sp³-hybridized carbons (Fsp3) is 0.370. The summed E-state index contributed by atoms with van der Waals surface area (Å²) in [5.41, 5.74) is 5.96. The number of allylic oxidation sites excluding steroid dienone is 3. The number of Topliss-reactive ketones (excluding diaryl/α,β-unsaturated/α-hetero) is 1. The molecule has 6 nitrogen and oxygen atoms in total. The molecule has 1 amide bonds. The molecule has 4 rings (SSSR count). The third-order valence-electron chi connectivity index (χ3n) is 6.51. The second-order valence-electron chi connectivity index (χ2n) is 8.65. The largest absolute Gasteiger partial charge is 0.372 e. The minimum atomic E-state index is -0.399. The molecule has 0 fully saturated rings. The van der Waals surface area contributed by atoms with Gasteiger partial charge in [0.25, 0.3) is 5.91 Å². The second-order valence-corrected chi connectivity index (χ2v) is 8.65. The van der Waals surface area contributed by atoms with Crippen LogP contribution in [0.3, 0.4) is 0 Å². The van der Waals surface area contributed by atoms with Crippen LogP contribution in [-0.4, -0.2) is 29.8 Å². The minimum absolute atomic E-state index is 0.119. The van der Waals surface area contributed by atoms with Crippen molar-refractivity contribution >= 4 is 23.2 Å². The lowest BCUT2D eigenvalue weighted by molar-refractivity contribution is -0.116. The first-order chi connectivity index (χ1) is 15.9. The maximum Gasteiger partial charge on any atom is 0.255 e. The van der Waals surface area contributed by atoms with Crippen LogP contribution in [0.2, 0.25) is 0 Å². The predicted octanol–water partition coefficient (Wildman–Crippen LogP) is 4.84. The smallest absolute Gasteiger partial charge is 0.255 e. The van der Waals surface area contributed by atoms with E-state index in [1.54, 1.807) is 6.07 Å². The number of aromatic nitrogens is 1. The summed E-state index contributed by atoms with van der Waals surface area (Å²) in [5.74, 6) is -0.0100. The molecule has 0 spiro atoms. The maximum absolute atomic E-state index is 13.5. The molecule has 0 saturated heterocycles. The Bertz CT molecular complexity index is 1130. The van der Waals surface area contributed by atoms with Crippen LogP contribution in [0.5, 0.6) is 0 Å². The molecule has 1 aliphatic carbocycles. The summed E-state index contributed by atoms with van der Waals surface area (Å²) in [6.45, 7) is 9.92. The Balaban J connectivity index is 1.75. The van der Waals surface area contributed by atoms with Crippen LogP contribution in [0.25, 0.3) is 0 Å². The van der Waals surface area contributed by atoms with Gasteiger partial charge >= 0.3 is 0 Å². The fourth-order valence-corrected chi connectivity index (χ4v) is 4.88. The molecule has 2 aromatic rings. The molecule has 0 radical (unpaired) electrons. The first-order valence-corrected chi connectivity index (χ1v) is 11.8. The Morgan fingerprint density at radius 2 is 1.82 bits per heavy atom. The van der Waals surface area contributed by atoms with E-state index in [1.807, 2.05) is 26.0 Å². The topological polar surface area (TPSA) is 74.3 Å². The third kappa shape index (κ3) is 4.56. The lowest BCUT2D eigenvalue weighted by atomic mass is 9.75. The number of carbonyl (C=O) groups excluding carboxylic acids is 2. The molecule has 1 atom stereocenters. The van der Waals surface area contributed by atoms with Crippen LogP contribution in [0.15, 0.2) is 65.0 Å². The van der Waals surface area contributed by atoms with Crippen LogP contribution < -0.4 is 15.5 Å². The van der Waals surface area contributed by atoms with E-state index in [-0.39, 0.29) is 11.7 Å². The predicted molar refractivity (Wildman–Crippen MR) is 132 cm³/mol. The average Bonchev–Trinajstić information content (AvgIpc) is 2.79. The number of carbonyl (C=O) groups is 2. The standard InChI is InChI=1S/C27H32N4O2/c1-5-31(6-2)20-15-13-19(14-16-20)25-24(27(33)30-23-12-7-9-17(3)28-23)18(4)29-21-10-8-11-22(32)26(21)25/h7,9,12-16,25,29H,5-6,8,10-11H2,1-4H3,(H,28,30,33)/t25-/m0/s1. The highest BCUT2D eigenvalue weighted by molar-refractivity contribution is 6.09. The van der Waals surface area contributed by atoms with Gasteiger partial charge in [-0.3, -0.25) is 9.59 Å². The normalized spacial score (nSPS) is 18.1. The molecule has 2 heterocycles. The number of rotatable bonds is 6. The molecule has 2 aliphatic rings. The van der Waals surface area contributed by atoms with E-state index in [4.69, 9.17) is 0 Å². The number of benzene rings is 1. The zero-order chi connectivity index (χ0) is 23.5. The van der Waals surface area contributed by atoms with Gasteiger partial charge in [0.05, 0.1) is 0 Å². The quantitative estimate of drug-likeness (QED) is 0.667. The molecule has 1 aromatic carbocycles. The van der Waals surface area contributed by atoms with Crippen molar-refractivity contribution in [2.75, 3.05) is 23.3 Å². The van der Waals surface area contributed by atoms with Crippen LogP contribution in [0, 0.1) is 6.92 Å². The lowest BCUT2D eigenvalue weighted by Crippen LogP contribution is -2.35. The molecule has 33 heavy (non-hydrogen) atoms. The Morgan fingerprint density at radius 3 is 2.48 bits per heavy atom. The van der Waals surface area contributed by atoms with Crippen molar-refractivity contribution in [3.05, 3.63) is 76.3 Å². The van der Waals surface area contributed by atoms with Gasteiger partial charge in [0.2, 0.25) is 0 Å². The Kier molecular flexibility index (Phi) is 6.63. The lowest BCUT2D eigenvalue weighted by Gasteiger charge is -2.34. The number of amides is 1. The number of anilines is 2. The molecule has 1 aromatic heterocycles.